The van der Waals surface area contributed by atoms with Crippen molar-refractivity contribution >= 4 is 28.3 Å². The van der Waals surface area contributed by atoms with Gasteiger partial charge in [-0.1, -0.05) is 0 Å². The van der Waals surface area contributed by atoms with E-state index < -0.39 is 34.5 Å². The largest absolute Gasteiger partial charge is 0.465 e. The fourth-order valence-electron chi connectivity index (χ4n) is 2.87. The van der Waals surface area contributed by atoms with Crippen LogP contribution in [0.5, 0.6) is 0 Å². The van der Waals surface area contributed by atoms with Gasteiger partial charge >= 0.3 is 16.5 Å². The number of hydroxylamine groups is 1. The molecule has 2 saturated heterocycles. The predicted molar refractivity (Wildman–Crippen MR) is 84.6 cm³/mol. The third-order valence-electron chi connectivity index (χ3n) is 4.19. The van der Waals surface area contributed by atoms with Crippen molar-refractivity contribution in [2.24, 2.45) is 5.92 Å². The fourth-order valence-corrected chi connectivity index (χ4v) is 3.12. The van der Waals surface area contributed by atoms with Gasteiger partial charge in [-0.15, -0.1) is 0 Å². The molecule has 26 heavy (non-hydrogen) atoms. The Morgan fingerprint density at radius 3 is 2.38 bits per heavy atom. The first kappa shape index (κ1) is 20.3. The summed E-state index contributed by atoms with van der Waals surface area (Å²) in [6.07, 6.45) is -0.480. The standard InChI is InChI=1S/C12H21N5O8S/c18-10(7-3-4-13-5-7)14-15-11(19)9-2-1-8(6-17(9)12(20)21)16-25-26(22,23)24/h7-9,13,16H,1-6H2,(H,14,18)(H,15,19)(H,20,21)(H,22,23,24)/t7-,8-,9+/m1/s1. The lowest BCUT2D eigenvalue weighted by atomic mass is 9.98. The van der Waals surface area contributed by atoms with Crippen molar-refractivity contribution in [2.75, 3.05) is 19.6 Å². The molecule has 0 aliphatic carbocycles. The minimum absolute atomic E-state index is 0.0610. The molecule has 0 unspecified atom stereocenters. The molecule has 3 amide bonds. The first-order valence-corrected chi connectivity index (χ1v) is 9.25. The van der Waals surface area contributed by atoms with Crippen LogP contribution in [0.3, 0.4) is 0 Å². The Morgan fingerprint density at radius 1 is 1.12 bits per heavy atom. The molecule has 0 radical (unpaired) electrons. The van der Waals surface area contributed by atoms with Crippen LogP contribution >= 0.6 is 0 Å². The third-order valence-corrected chi connectivity index (χ3v) is 4.50. The van der Waals surface area contributed by atoms with E-state index in [2.05, 4.69) is 20.5 Å². The fraction of sp³-hybridized carbons (Fsp3) is 0.750. The van der Waals surface area contributed by atoms with E-state index >= 15 is 0 Å². The van der Waals surface area contributed by atoms with Gasteiger partial charge in [-0.25, -0.2) is 4.79 Å². The van der Waals surface area contributed by atoms with Crippen LogP contribution in [-0.4, -0.2) is 72.6 Å². The SMILES string of the molecule is O=C(NNC(=O)[C@@H]1CC[C@@H](NOS(=O)(=O)O)CN1C(=O)O)[C@@H]1CCNC1. The normalized spacial score (nSPS) is 26.3. The first-order valence-electron chi connectivity index (χ1n) is 7.89. The second kappa shape index (κ2) is 8.59. The number of piperidine rings is 1. The Balaban J connectivity index is 1.87. The number of hydrogen-bond donors (Lipinski definition) is 6. The van der Waals surface area contributed by atoms with E-state index in [4.69, 9.17) is 4.55 Å². The lowest BCUT2D eigenvalue weighted by molar-refractivity contribution is -0.134. The molecule has 13 nitrogen and oxygen atoms in total. The van der Waals surface area contributed by atoms with E-state index in [1.807, 2.05) is 5.48 Å². The summed E-state index contributed by atoms with van der Waals surface area (Å²) < 4.78 is 33.7. The van der Waals surface area contributed by atoms with Gasteiger partial charge in [0.25, 0.3) is 5.91 Å². The number of nitrogens with zero attached hydrogens (tertiary/aromatic N) is 1. The van der Waals surface area contributed by atoms with Crippen molar-refractivity contribution in [1.29, 1.82) is 0 Å². The Labute approximate surface area is 149 Å². The van der Waals surface area contributed by atoms with Crippen molar-refractivity contribution in [3.63, 3.8) is 0 Å². The Bertz CT molecular complexity index is 650. The Kier molecular flexibility index (Phi) is 6.71. The monoisotopic (exact) mass is 395 g/mol. The van der Waals surface area contributed by atoms with Crippen LogP contribution in [0.25, 0.3) is 0 Å². The summed E-state index contributed by atoms with van der Waals surface area (Å²) in [5.74, 6) is -1.31. The lowest BCUT2D eigenvalue weighted by Gasteiger charge is -2.36. The molecule has 3 atom stereocenters. The number of hydrogen-bond acceptors (Lipinski definition) is 8. The highest BCUT2D eigenvalue weighted by atomic mass is 32.3. The summed E-state index contributed by atoms with van der Waals surface area (Å²) in [5, 5.41) is 12.3. The van der Waals surface area contributed by atoms with Gasteiger partial charge in [0.2, 0.25) is 5.91 Å². The van der Waals surface area contributed by atoms with Gasteiger partial charge in [0.1, 0.15) is 6.04 Å². The molecule has 14 heteroatoms. The molecule has 0 spiro atoms. The second-order valence-electron chi connectivity index (χ2n) is 6.02. The maximum atomic E-state index is 12.2. The summed E-state index contributed by atoms with van der Waals surface area (Å²) in [4.78, 5) is 36.3. The average Bonchev–Trinajstić information content (AvgIpc) is 3.11. The number of likely N-dealkylation sites (tertiary alicyclic amines) is 1. The van der Waals surface area contributed by atoms with Crippen LogP contribution in [0.4, 0.5) is 4.79 Å². The van der Waals surface area contributed by atoms with Crippen molar-refractivity contribution < 1.29 is 36.7 Å². The van der Waals surface area contributed by atoms with Crippen molar-refractivity contribution in [1.82, 2.24) is 26.5 Å². The van der Waals surface area contributed by atoms with E-state index in [1.54, 1.807) is 0 Å². The third kappa shape index (κ3) is 5.77. The van der Waals surface area contributed by atoms with Gasteiger partial charge in [-0.2, -0.15) is 18.2 Å². The number of carbonyl (C=O) groups is 3. The highest BCUT2D eigenvalue weighted by molar-refractivity contribution is 7.80. The summed E-state index contributed by atoms with van der Waals surface area (Å²) in [7, 11) is -4.73. The van der Waals surface area contributed by atoms with Crippen molar-refractivity contribution in [2.45, 2.75) is 31.3 Å². The van der Waals surface area contributed by atoms with Crippen LogP contribution in [0.2, 0.25) is 0 Å². The van der Waals surface area contributed by atoms with E-state index in [9.17, 15) is 27.9 Å². The highest BCUT2D eigenvalue weighted by Gasteiger charge is 2.37. The molecular weight excluding hydrogens is 374 g/mol. The van der Waals surface area contributed by atoms with Gasteiger partial charge in [0.15, 0.2) is 0 Å². The number of nitrogens with one attached hydrogen (secondary N) is 4. The smallest absolute Gasteiger partial charge is 0.413 e. The molecule has 2 aliphatic heterocycles. The minimum Gasteiger partial charge on any atom is -0.465 e. The van der Waals surface area contributed by atoms with Crippen molar-refractivity contribution in [3.8, 4) is 0 Å². The molecule has 148 valence electrons. The maximum absolute atomic E-state index is 12.2. The predicted octanol–water partition coefficient (Wildman–Crippen LogP) is -2.42. The second-order valence-corrected chi connectivity index (χ2v) is 7.04. The summed E-state index contributed by atoms with van der Waals surface area (Å²) in [6.45, 7) is 0.971. The molecule has 2 aliphatic rings. The molecule has 0 aromatic rings. The van der Waals surface area contributed by atoms with E-state index in [-0.39, 0.29) is 31.2 Å². The highest BCUT2D eigenvalue weighted by Crippen LogP contribution is 2.18. The minimum atomic E-state index is -4.73. The lowest BCUT2D eigenvalue weighted by Crippen LogP contribution is -2.59. The van der Waals surface area contributed by atoms with Crippen LogP contribution in [0.1, 0.15) is 19.3 Å². The van der Waals surface area contributed by atoms with E-state index in [0.29, 0.717) is 19.5 Å². The molecular formula is C12H21N5O8S. The molecule has 2 heterocycles. The molecule has 0 bridgehead atoms. The molecule has 0 aromatic carbocycles. The topological polar surface area (TPSA) is 186 Å². The summed E-state index contributed by atoms with van der Waals surface area (Å²) in [5.41, 5.74) is 6.55. The van der Waals surface area contributed by atoms with E-state index in [1.165, 1.54) is 0 Å². The molecule has 0 aromatic heterocycles. The zero-order valence-electron chi connectivity index (χ0n) is 13.7. The first-order chi connectivity index (χ1) is 12.2. The van der Waals surface area contributed by atoms with Crippen LogP contribution < -0.4 is 21.6 Å². The zero-order valence-corrected chi connectivity index (χ0v) is 14.5. The van der Waals surface area contributed by atoms with Crippen LogP contribution in [-0.2, 0) is 24.3 Å². The van der Waals surface area contributed by atoms with Gasteiger partial charge < -0.3 is 10.4 Å². The summed E-state index contributed by atoms with van der Waals surface area (Å²) >= 11 is 0. The maximum Gasteiger partial charge on any atom is 0.413 e. The molecule has 6 N–H and O–H groups in total. The number of hydrazine groups is 1. The zero-order chi connectivity index (χ0) is 19.3. The number of rotatable bonds is 5. The number of amides is 3. The van der Waals surface area contributed by atoms with Crippen molar-refractivity contribution in [3.05, 3.63) is 0 Å². The van der Waals surface area contributed by atoms with Gasteiger partial charge in [-0.3, -0.25) is 29.9 Å². The average molecular weight is 395 g/mol. The van der Waals surface area contributed by atoms with Gasteiger partial charge in [0, 0.05) is 13.1 Å². The van der Waals surface area contributed by atoms with E-state index in [0.717, 1.165) is 4.90 Å². The number of carbonyl (C=O) groups excluding carboxylic acids is 2. The van der Waals surface area contributed by atoms with Crippen LogP contribution in [0.15, 0.2) is 0 Å². The van der Waals surface area contributed by atoms with Crippen LogP contribution in [0, 0.1) is 5.92 Å². The van der Waals surface area contributed by atoms with Gasteiger partial charge in [-0.05, 0) is 25.8 Å². The molecule has 0 saturated carbocycles. The number of carboxylic acid groups (broad SMARTS) is 1. The molecule has 2 fully saturated rings. The summed E-state index contributed by atoms with van der Waals surface area (Å²) in [6, 6.07) is -1.80. The Morgan fingerprint density at radius 2 is 1.81 bits per heavy atom. The quantitative estimate of drug-likeness (QED) is 0.216. The Hall–Kier alpha value is -2.00. The molecule has 2 rings (SSSR count). The van der Waals surface area contributed by atoms with Gasteiger partial charge in [0.05, 0.1) is 12.0 Å².